The van der Waals surface area contributed by atoms with E-state index in [4.69, 9.17) is 11.6 Å². The molecule has 0 saturated heterocycles. The first-order valence-electron chi connectivity index (χ1n) is 5.20. The number of rotatable bonds is 3. The summed E-state index contributed by atoms with van der Waals surface area (Å²) in [5.74, 6) is 0. The van der Waals surface area contributed by atoms with Crippen molar-refractivity contribution in [2.45, 2.75) is 13.5 Å². The maximum absolute atomic E-state index is 11.2. The zero-order valence-electron chi connectivity index (χ0n) is 9.33. The molecule has 0 saturated carbocycles. The molecule has 0 unspecified atom stereocenters. The molecule has 0 spiro atoms. The van der Waals surface area contributed by atoms with Gasteiger partial charge in [-0.05, 0) is 18.1 Å². The van der Waals surface area contributed by atoms with E-state index in [9.17, 15) is 4.79 Å². The second kappa shape index (κ2) is 5.01. The van der Waals surface area contributed by atoms with Crippen molar-refractivity contribution in [1.29, 1.82) is 0 Å². The van der Waals surface area contributed by atoms with E-state index in [1.807, 2.05) is 31.2 Å². The van der Waals surface area contributed by atoms with Gasteiger partial charge in [0.25, 0.3) is 5.56 Å². The van der Waals surface area contributed by atoms with Crippen molar-refractivity contribution in [2.24, 2.45) is 0 Å². The summed E-state index contributed by atoms with van der Waals surface area (Å²) in [7, 11) is 0. The number of benzene rings is 1. The molecule has 0 bridgehead atoms. The zero-order chi connectivity index (χ0) is 12.3. The molecule has 0 aliphatic heterocycles. The summed E-state index contributed by atoms with van der Waals surface area (Å²) in [6.45, 7) is 2.65. The van der Waals surface area contributed by atoms with Gasteiger partial charge < -0.3 is 5.32 Å². The van der Waals surface area contributed by atoms with Gasteiger partial charge >= 0.3 is 0 Å². The molecule has 5 heteroatoms. The average molecular weight is 250 g/mol. The Morgan fingerprint density at radius 2 is 2.18 bits per heavy atom. The number of H-pyrrole nitrogens is 1. The summed E-state index contributed by atoms with van der Waals surface area (Å²) in [6, 6.07) is 8.02. The normalized spacial score (nSPS) is 10.2. The van der Waals surface area contributed by atoms with Crippen LogP contribution in [-0.4, -0.2) is 10.2 Å². The fourth-order valence-electron chi connectivity index (χ4n) is 1.51. The molecular formula is C12H12ClN3O. The molecule has 2 aromatic rings. The highest BCUT2D eigenvalue weighted by Gasteiger charge is 2.04. The van der Waals surface area contributed by atoms with Crippen LogP contribution < -0.4 is 10.9 Å². The first-order chi connectivity index (χ1) is 8.18. The third-order valence-electron chi connectivity index (χ3n) is 2.53. The van der Waals surface area contributed by atoms with E-state index in [0.29, 0.717) is 12.2 Å². The molecule has 0 radical (unpaired) electrons. The Labute approximate surface area is 104 Å². The molecule has 1 aromatic heterocycles. The van der Waals surface area contributed by atoms with Gasteiger partial charge in [0, 0.05) is 6.54 Å². The summed E-state index contributed by atoms with van der Waals surface area (Å²) >= 11 is 5.85. The lowest BCUT2D eigenvalue weighted by molar-refractivity contribution is 0.980. The summed E-state index contributed by atoms with van der Waals surface area (Å²) in [5.41, 5.74) is 2.50. The highest BCUT2D eigenvalue weighted by atomic mass is 35.5. The van der Waals surface area contributed by atoms with Gasteiger partial charge in [-0.1, -0.05) is 35.9 Å². The van der Waals surface area contributed by atoms with Crippen LogP contribution >= 0.6 is 11.6 Å². The van der Waals surface area contributed by atoms with Gasteiger partial charge in [-0.3, -0.25) is 4.79 Å². The number of nitrogens with zero attached hydrogens (tertiary/aromatic N) is 1. The van der Waals surface area contributed by atoms with Crippen molar-refractivity contribution in [3.8, 4) is 0 Å². The number of aryl methyl sites for hydroxylation is 1. The van der Waals surface area contributed by atoms with Crippen LogP contribution in [0.1, 0.15) is 11.1 Å². The van der Waals surface area contributed by atoms with Crippen molar-refractivity contribution in [1.82, 2.24) is 10.2 Å². The fourth-order valence-corrected chi connectivity index (χ4v) is 1.66. The number of hydrogen-bond acceptors (Lipinski definition) is 3. The lowest BCUT2D eigenvalue weighted by atomic mass is 10.1. The van der Waals surface area contributed by atoms with E-state index in [-0.39, 0.29) is 10.6 Å². The van der Waals surface area contributed by atoms with Crippen molar-refractivity contribution in [2.75, 3.05) is 5.32 Å². The number of anilines is 1. The molecule has 0 aliphatic carbocycles. The molecule has 0 amide bonds. The molecule has 2 N–H and O–H groups in total. The van der Waals surface area contributed by atoms with E-state index in [2.05, 4.69) is 15.5 Å². The Hall–Kier alpha value is -1.81. The third-order valence-corrected chi connectivity index (χ3v) is 2.90. The number of hydrogen-bond donors (Lipinski definition) is 2. The van der Waals surface area contributed by atoms with Gasteiger partial charge in [0.05, 0.1) is 11.9 Å². The van der Waals surface area contributed by atoms with Gasteiger partial charge in [0.1, 0.15) is 5.02 Å². The lowest BCUT2D eigenvalue weighted by Crippen LogP contribution is -2.12. The largest absolute Gasteiger partial charge is 0.378 e. The summed E-state index contributed by atoms with van der Waals surface area (Å²) < 4.78 is 0. The maximum Gasteiger partial charge on any atom is 0.285 e. The molecule has 0 aliphatic rings. The number of aromatic amines is 1. The van der Waals surface area contributed by atoms with E-state index >= 15 is 0 Å². The SMILES string of the molecule is Cc1ccccc1CNc1cn[nH]c(=O)c1Cl. The lowest BCUT2D eigenvalue weighted by Gasteiger charge is -2.09. The molecular weight excluding hydrogens is 238 g/mol. The number of aromatic nitrogens is 2. The molecule has 4 nitrogen and oxygen atoms in total. The molecule has 0 fully saturated rings. The molecule has 88 valence electrons. The second-order valence-electron chi connectivity index (χ2n) is 3.71. The molecule has 0 atom stereocenters. The number of halogens is 1. The predicted octanol–water partition coefficient (Wildman–Crippen LogP) is 2.34. The van der Waals surface area contributed by atoms with Crippen LogP contribution in [0.4, 0.5) is 5.69 Å². The maximum atomic E-state index is 11.2. The van der Waals surface area contributed by atoms with Crippen LogP contribution in [0.3, 0.4) is 0 Å². The highest BCUT2D eigenvalue weighted by molar-refractivity contribution is 6.32. The van der Waals surface area contributed by atoms with E-state index in [1.54, 1.807) is 0 Å². The van der Waals surface area contributed by atoms with Crippen LogP contribution in [0.5, 0.6) is 0 Å². The Bertz CT molecular complexity index is 580. The van der Waals surface area contributed by atoms with Gasteiger partial charge in [0.15, 0.2) is 0 Å². The van der Waals surface area contributed by atoms with Crippen LogP contribution in [0.25, 0.3) is 0 Å². The third kappa shape index (κ3) is 2.65. The minimum absolute atomic E-state index is 0.133. The Balaban J connectivity index is 2.16. The van der Waals surface area contributed by atoms with Crippen LogP contribution in [0.15, 0.2) is 35.3 Å². The van der Waals surface area contributed by atoms with Crippen molar-refractivity contribution in [3.63, 3.8) is 0 Å². The molecule has 1 heterocycles. The van der Waals surface area contributed by atoms with Crippen molar-refractivity contribution in [3.05, 3.63) is 57.0 Å². The first kappa shape index (κ1) is 11.7. The monoisotopic (exact) mass is 249 g/mol. The minimum Gasteiger partial charge on any atom is -0.378 e. The van der Waals surface area contributed by atoms with E-state index < -0.39 is 0 Å². The van der Waals surface area contributed by atoms with E-state index in [0.717, 1.165) is 5.56 Å². The van der Waals surface area contributed by atoms with Crippen LogP contribution in [0.2, 0.25) is 5.02 Å². The summed E-state index contributed by atoms with van der Waals surface area (Å²) in [5, 5.41) is 9.20. The zero-order valence-corrected chi connectivity index (χ0v) is 10.1. The topological polar surface area (TPSA) is 57.8 Å². The predicted molar refractivity (Wildman–Crippen MR) is 68.4 cm³/mol. The Morgan fingerprint density at radius 3 is 2.94 bits per heavy atom. The Morgan fingerprint density at radius 1 is 1.41 bits per heavy atom. The molecule has 1 aromatic carbocycles. The van der Waals surface area contributed by atoms with Crippen LogP contribution in [-0.2, 0) is 6.54 Å². The minimum atomic E-state index is -0.388. The van der Waals surface area contributed by atoms with Gasteiger partial charge in [-0.15, -0.1) is 0 Å². The van der Waals surface area contributed by atoms with Gasteiger partial charge in [0.2, 0.25) is 0 Å². The summed E-state index contributed by atoms with van der Waals surface area (Å²) in [4.78, 5) is 11.2. The van der Waals surface area contributed by atoms with Crippen molar-refractivity contribution >= 4 is 17.3 Å². The quantitative estimate of drug-likeness (QED) is 0.878. The van der Waals surface area contributed by atoms with Gasteiger partial charge in [-0.2, -0.15) is 5.10 Å². The first-order valence-corrected chi connectivity index (χ1v) is 5.58. The van der Waals surface area contributed by atoms with Crippen molar-refractivity contribution < 1.29 is 0 Å². The molecule has 2 rings (SSSR count). The van der Waals surface area contributed by atoms with Crippen LogP contribution in [0, 0.1) is 6.92 Å². The standard InChI is InChI=1S/C12H12ClN3O/c1-8-4-2-3-5-9(8)6-14-10-7-15-16-12(17)11(10)13/h2-5,7H,6H2,1H3,(H2,14,16,17). The summed E-state index contributed by atoms with van der Waals surface area (Å²) in [6.07, 6.45) is 1.50. The number of nitrogens with one attached hydrogen (secondary N) is 2. The fraction of sp³-hybridized carbons (Fsp3) is 0.167. The second-order valence-corrected chi connectivity index (χ2v) is 4.08. The average Bonchev–Trinajstić information content (AvgIpc) is 2.33. The Kier molecular flexibility index (Phi) is 3.44. The highest BCUT2D eigenvalue weighted by Crippen LogP contribution is 2.16. The molecule has 17 heavy (non-hydrogen) atoms. The van der Waals surface area contributed by atoms with Gasteiger partial charge in [-0.25, -0.2) is 5.10 Å². The van der Waals surface area contributed by atoms with E-state index in [1.165, 1.54) is 11.8 Å². The smallest absolute Gasteiger partial charge is 0.285 e.